The minimum atomic E-state index is 0.906. The lowest BCUT2D eigenvalue weighted by Gasteiger charge is -2.12. The van der Waals surface area contributed by atoms with Crippen molar-refractivity contribution in [3.63, 3.8) is 0 Å². The van der Waals surface area contributed by atoms with Crippen LogP contribution >= 0.6 is 0 Å². The fourth-order valence-electron chi connectivity index (χ4n) is 5.47. The Hall–Kier alpha value is -4.70. The molecule has 4 nitrogen and oxygen atoms in total. The third-order valence-corrected chi connectivity index (χ3v) is 6.86. The first-order valence-corrected chi connectivity index (χ1v) is 11.3. The Labute approximate surface area is 193 Å². The Morgan fingerprint density at radius 2 is 1.47 bits per heavy atom. The van der Waals surface area contributed by atoms with Crippen LogP contribution in [-0.2, 0) is 0 Å². The Bertz CT molecular complexity index is 2080. The van der Waals surface area contributed by atoms with Crippen LogP contribution in [0, 0.1) is 0 Å². The van der Waals surface area contributed by atoms with Gasteiger partial charge in [-0.15, -0.1) is 0 Å². The lowest BCUT2D eigenvalue weighted by atomic mass is 10.1. The molecule has 0 saturated heterocycles. The minimum absolute atomic E-state index is 0.906. The van der Waals surface area contributed by atoms with Crippen LogP contribution in [-0.4, -0.2) is 14.5 Å². The topological polar surface area (TPSA) is 43.9 Å². The molecule has 0 amide bonds. The highest BCUT2D eigenvalue weighted by atomic mass is 16.3. The molecule has 158 valence electrons. The van der Waals surface area contributed by atoms with E-state index in [4.69, 9.17) is 14.4 Å². The number of fused-ring (bicyclic) bond motifs is 10. The van der Waals surface area contributed by atoms with Crippen molar-refractivity contribution in [2.24, 2.45) is 0 Å². The fourth-order valence-corrected chi connectivity index (χ4v) is 5.47. The summed E-state index contributed by atoms with van der Waals surface area (Å²) in [5.41, 5.74) is 7.08. The molecule has 0 aliphatic heterocycles. The molecule has 0 bridgehead atoms. The van der Waals surface area contributed by atoms with Gasteiger partial charge in [0.25, 0.3) is 0 Å². The van der Waals surface area contributed by atoms with Crippen LogP contribution < -0.4 is 0 Å². The van der Waals surface area contributed by atoms with Crippen LogP contribution in [0.3, 0.4) is 0 Å². The van der Waals surface area contributed by atoms with Crippen LogP contribution in [0.1, 0.15) is 0 Å². The molecule has 0 fully saturated rings. The van der Waals surface area contributed by atoms with Gasteiger partial charge in [-0.25, -0.2) is 0 Å². The highest BCUT2D eigenvalue weighted by molar-refractivity contribution is 6.27. The van der Waals surface area contributed by atoms with Gasteiger partial charge < -0.3 is 8.98 Å². The van der Waals surface area contributed by atoms with Gasteiger partial charge in [0.1, 0.15) is 11.2 Å². The molecule has 4 aromatic carbocycles. The van der Waals surface area contributed by atoms with Gasteiger partial charge in [0.05, 0.1) is 33.1 Å². The van der Waals surface area contributed by atoms with Gasteiger partial charge in [-0.2, -0.15) is 0 Å². The zero-order chi connectivity index (χ0) is 22.2. The molecule has 4 heteroatoms. The molecule has 0 radical (unpaired) electrons. The number of nitrogens with zero attached hydrogens (tertiary/aromatic N) is 3. The van der Waals surface area contributed by atoms with E-state index >= 15 is 0 Å². The van der Waals surface area contributed by atoms with Crippen LogP contribution in [0.2, 0.25) is 0 Å². The molecule has 34 heavy (non-hydrogen) atoms. The number of hydrogen-bond acceptors (Lipinski definition) is 3. The second-order valence-corrected chi connectivity index (χ2v) is 8.65. The normalized spacial score (nSPS) is 12.1. The van der Waals surface area contributed by atoms with Crippen molar-refractivity contribution in [3.05, 3.63) is 103 Å². The van der Waals surface area contributed by atoms with Gasteiger partial charge in [-0.1, -0.05) is 42.5 Å². The third kappa shape index (κ3) is 2.22. The summed E-state index contributed by atoms with van der Waals surface area (Å²) >= 11 is 0. The number of rotatable bonds is 1. The summed E-state index contributed by atoms with van der Waals surface area (Å²) in [6, 6.07) is 31.5. The number of pyridine rings is 2. The van der Waals surface area contributed by atoms with Crippen molar-refractivity contribution in [3.8, 4) is 5.69 Å². The van der Waals surface area contributed by atoms with E-state index < -0.39 is 0 Å². The van der Waals surface area contributed by atoms with Gasteiger partial charge in [0.15, 0.2) is 0 Å². The quantitative estimate of drug-likeness (QED) is 0.247. The number of para-hydroxylation sites is 2. The van der Waals surface area contributed by atoms with E-state index in [2.05, 4.69) is 77.4 Å². The Morgan fingerprint density at radius 1 is 0.588 bits per heavy atom. The molecule has 0 aliphatic rings. The van der Waals surface area contributed by atoms with Crippen molar-refractivity contribution < 1.29 is 4.42 Å². The number of hydrogen-bond donors (Lipinski definition) is 0. The zero-order valence-electron chi connectivity index (χ0n) is 18.1. The van der Waals surface area contributed by atoms with Crippen LogP contribution in [0.25, 0.3) is 71.2 Å². The fraction of sp³-hybridized carbons (Fsp3) is 0. The molecule has 4 heterocycles. The van der Waals surface area contributed by atoms with Crippen molar-refractivity contribution >= 4 is 65.6 Å². The Morgan fingerprint density at radius 3 is 2.44 bits per heavy atom. The minimum Gasteiger partial charge on any atom is -0.456 e. The summed E-state index contributed by atoms with van der Waals surface area (Å²) in [5.74, 6) is 0. The van der Waals surface area contributed by atoms with Crippen LogP contribution in [0.5, 0.6) is 0 Å². The lowest BCUT2D eigenvalue weighted by Crippen LogP contribution is -1.97. The largest absolute Gasteiger partial charge is 0.456 e. The highest BCUT2D eigenvalue weighted by Gasteiger charge is 2.20. The third-order valence-electron chi connectivity index (χ3n) is 6.86. The maximum Gasteiger partial charge on any atom is 0.136 e. The van der Waals surface area contributed by atoms with E-state index in [9.17, 15) is 0 Å². The molecule has 0 atom stereocenters. The first-order chi connectivity index (χ1) is 16.9. The summed E-state index contributed by atoms with van der Waals surface area (Å²) in [4.78, 5) is 9.51. The van der Waals surface area contributed by atoms with E-state index in [1.54, 1.807) is 0 Å². The number of furan rings is 1. The molecule has 0 saturated carbocycles. The lowest BCUT2D eigenvalue weighted by molar-refractivity contribution is 0.669. The molecule has 0 spiro atoms. The smallest absolute Gasteiger partial charge is 0.136 e. The standard InChI is InChI=1S/C30H17N3O/c1-3-11-22-19(8-1)27-24(14-15-26-28(27)20-9-2-4-13-25(20)34-26)33(22)23-12-5-10-21-29(23)30-18(17-32-21)7-6-16-31-30/h1-17H. The number of benzene rings is 4. The highest BCUT2D eigenvalue weighted by Crippen LogP contribution is 2.42. The second-order valence-electron chi connectivity index (χ2n) is 8.65. The molecule has 4 aromatic heterocycles. The average molecular weight is 435 g/mol. The van der Waals surface area contributed by atoms with Crippen molar-refractivity contribution in [2.45, 2.75) is 0 Å². The summed E-state index contributed by atoms with van der Waals surface area (Å²) in [6.45, 7) is 0. The van der Waals surface area contributed by atoms with Gasteiger partial charge in [0, 0.05) is 39.3 Å². The molecular formula is C30H17N3O. The van der Waals surface area contributed by atoms with Gasteiger partial charge in [-0.05, 0) is 48.5 Å². The van der Waals surface area contributed by atoms with Crippen molar-refractivity contribution in [1.29, 1.82) is 0 Å². The molecule has 8 rings (SSSR count). The van der Waals surface area contributed by atoms with Crippen LogP contribution in [0.4, 0.5) is 0 Å². The van der Waals surface area contributed by atoms with Gasteiger partial charge >= 0.3 is 0 Å². The maximum absolute atomic E-state index is 6.22. The molecule has 0 N–H and O–H groups in total. The first-order valence-electron chi connectivity index (χ1n) is 11.3. The van der Waals surface area contributed by atoms with Crippen molar-refractivity contribution in [1.82, 2.24) is 14.5 Å². The summed E-state index contributed by atoms with van der Waals surface area (Å²) in [5, 5.41) is 6.79. The van der Waals surface area contributed by atoms with Gasteiger partial charge in [-0.3, -0.25) is 9.97 Å². The Balaban J connectivity index is 1.64. The van der Waals surface area contributed by atoms with Gasteiger partial charge in [0.2, 0.25) is 0 Å². The Kier molecular flexibility index (Phi) is 3.36. The monoisotopic (exact) mass is 435 g/mol. The predicted octanol–water partition coefficient (Wildman–Crippen LogP) is 7.78. The average Bonchev–Trinajstić information content (AvgIpc) is 3.43. The molecular weight excluding hydrogens is 418 g/mol. The van der Waals surface area contributed by atoms with Crippen molar-refractivity contribution in [2.75, 3.05) is 0 Å². The number of aromatic nitrogens is 3. The zero-order valence-corrected chi connectivity index (χ0v) is 18.1. The molecule has 0 unspecified atom stereocenters. The van der Waals surface area contributed by atoms with E-state index in [1.165, 1.54) is 10.8 Å². The van der Waals surface area contributed by atoms with E-state index in [-0.39, 0.29) is 0 Å². The SMILES string of the molecule is c1cnc2c(c1)cnc1cccc(-n3c4ccccc4c4c5c(ccc43)oc3ccccc35)c12. The van der Waals surface area contributed by atoms with E-state index in [0.717, 1.165) is 60.5 Å². The predicted molar refractivity (Wildman–Crippen MR) is 139 cm³/mol. The first kappa shape index (κ1) is 17.8. The summed E-state index contributed by atoms with van der Waals surface area (Å²) in [6.07, 6.45) is 3.76. The second kappa shape index (κ2) is 6.42. The molecule has 0 aliphatic carbocycles. The van der Waals surface area contributed by atoms with E-state index in [1.807, 2.05) is 30.6 Å². The maximum atomic E-state index is 6.22. The molecule has 8 aromatic rings. The summed E-state index contributed by atoms with van der Waals surface area (Å²) < 4.78 is 8.57. The van der Waals surface area contributed by atoms with E-state index in [0.29, 0.717) is 0 Å². The van der Waals surface area contributed by atoms with Crippen LogP contribution in [0.15, 0.2) is 108 Å². The summed E-state index contributed by atoms with van der Waals surface area (Å²) in [7, 11) is 0.